The van der Waals surface area contributed by atoms with Crippen molar-refractivity contribution in [2.24, 2.45) is 0 Å². The van der Waals surface area contributed by atoms with E-state index in [2.05, 4.69) is 18.7 Å². The van der Waals surface area contributed by atoms with E-state index in [0.717, 1.165) is 25.2 Å². The molecule has 0 aromatic heterocycles. The lowest BCUT2D eigenvalue weighted by molar-refractivity contribution is -0.144. The molecular weight excluding hydrogens is 302 g/mol. The van der Waals surface area contributed by atoms with Gasteiger partial charge in [0.2, 0.25) is 11.8 Å². The molecular formula is C19H27N3O2. The number of piperazine rings is 2. The van der Waals surface area contributed by atoms with Gasteiger partial charge in [0.1, 0.15) is 0 Å². The van der Waals surface area contributed by atoms with Crippen LogP contribution in [0.3, 0.4) is 0 Å². The first-order valence-corrected chi connectivity index (χ1v) is 8.71. The fourth-order valence-corrected chi connectivity index (χ4v) is 4.03. The standard InChI is InChI=1S/C19H27N3O2/c1-15(23)21-13-17-12-20(9-10-22(17)19(2,3)14-21)18(24)11-16-7-5-4-6-8-16/h4-8,17H,9-14H2,1-3H3/t17-/m0/s1. The second-order valence-electron chi connectivity index (χ2n) is 7.56. The largest absolute Gasteiger partial charge is 0.339 e. The van der Waals surface area contributed by atoms with E-state index in [1.54, 1.807) is 6.92 Å². The zero-order chi connectivity index (χ0) is 17.3. The van der Waals surface area contributed by atoms with Crippen molar-refractivity contribution >= 4 is 11.8 Å². The highest BCUT2D eigenvalue weighted by molar-refractivity contribution is 5.79. The second kappa shape index (κ2) is 6.55. The lowest BCUT2D eigenvalue weighted by atomic mass is 9.92. The van der Waals surface area contributed by atoms with Crippen LogP contribution in [0.15, 0.2) is 30.3 Å². The minimum absolute atomic E-state index is 0.0385. The number of carbonyl (C=O) groups is 2. The molecule has 3 rings (SSSR count). The number of benzene rings is 1. The van der Waals surface area contributed by atoms with Crippen LogP contribution in [0.5, 0.6) is 0 Å². The quantitative estimate of drug-likeness (QED) is 0.823. The third-order valence-electron chi connectivity index (χ3n) is 5.27. The topological polar surface area (TPSA) is 43.9 Å². The molecule has 1 atom stereocenters. The average Bonchev–Trinajstić information content (AvgIpc) is 2.54. The van der Waals surface area contributed by atoms with Crippen LogP contribution < -0.4 is 0 Å². The van der Waals surface area contributed by atoms with Crippen molar-refractivity contribution in [3.05, 3.63) is 35.9 Å². The van der Waals surface area contributed by atoms with E-state index in [1.165, 1.54) is 0 Å². The smallest absolute Gasteiger partial charge is 0.227 e. The molecule has 0 radical (unpaired) electrons. The third-order valence-corrected chi connectivity index (χ3v) is 5.27. The molecule has 0 aliphatic carbocycles. The van der Waals surface area contributed by atoms with Crippen LogP contribution in [0.1, 0.15) is 26.3 Å². The molecule has 0 N–H and O–H groups in total. The normalized spacial score (nSPS) is 23.7. The Morgan fingerprint density at radius 2 is 1.75 bits per heavy atom. The molecule has 2 saturated heterocycles. The van der Waals surface area contributed by atoms with Gasteiger partial charge < -0.3 is 9.80 Å². The molecule has 2 heterocycles. The van der Waals surface area contributed by atoms with Gasteiger partial charge in [0.05, 0.1) is 6.42 Å². The van der Waals surface area contributed by atoms with Gasteiger partial charge in [-0.2, -0.15) is 0 Å². The summed E-state index contributed by atoms with van der Waals surface area (Å²) >= 11 is 0. The van der Waals surface area contributed by atoms with Crippen LogP contribution in [0.4, 0.5) is 0 Å². The predicted molar refractivity (Wildman–Crippen MR) is 93.6 cm³/mol. The Balaban J connectivity index is 1.68. The molecule has 130 valence electrons. The molecule has 0 spiro atoms. The maximum Gasteiger partial charge on any atom is 0.227 e. The van der Waals surface area contributed by atoms with Gasteiger partial charge in [-0.1, -0.05) is 30.3 Å². The summed E-state index contributed by atoms with van der Waals surface area (Å²) in [6.45, 7) is 9.85. The highest BCUT2D eigenvalue weighted by atomic mass is 16.2. The van der Waals surface area contributed by atoms with Crippen molar-refractivity contribution in [1.82, 2.24) is 14.7 Å². The van der Waals surface area contributed by atoms with Crippen LogP contribution in [-0.2, 0) is 16.0 Å². The summed E-state index contributed by atoms with van der Waals surface area (Å²) in [6.07, 6.45) is 0.452. The van der Waals surface area contributed by atoms with Gasteiger partial charge in [-0.05, 0) is 19.4 Å². The minimum atomic E-state index is -0.0385. The number of nitrogens with zero attached hydrogens (tertiary/aromatic N) is 3. The summed E-state index contributed by atoms with van der Waals surface area (Å²) in [6, 6.07) is 10.1. The van der Waals surface area contributed by atoms with E-state index in [1.807, 2.05) is 40.1 Å². The molecule has 2 amide bonds. The average molecular weight is 329 g/mol. The van der Waals surface area contributed by atoms with E-state index >= 15 is 0 Å². The summed E-state index contributed by atoms with van der Waals surface area (Å²) in [4.78, 5) is 30.9. The molecule has 2 aliphatic rings. The van der Waals surface area contributed by atoms with E-state index in [0.29, 0.717) is 19.5 Å². The Hall–Kier alpha value is -1.88. The molecule has 2 fully saturated rings. The Labute approximate surface area is 144 Å². The summed E-state index contributed by atoms with van der Waals surface area (Å²) in [7, 11) is 0. The van der Waals surface area contributed by atoms with E-state index in [9.17, 15) is 9.59 Å². The number of rotatable bonds is 2. The molecule has 2 aliphatic heterocycles. The second-order valence-corrected chi connectivity index (χ2v) is 7.56. The Morgan fingerprint density at radius 1 is 1.08 bits per heavy atom. The third kappa shape index (κ3) is 3.46. The van der Waals surface area contributed by atoms with Crippen LogP contribution in [-0.4, -0.2) is 70.8 Å². The van der Waals surface area contributed by atoms with Crippen molar-refractivity contribution in [2.75, 3.05) is 32.7 Å². The van der Waals surface area contributed by atoms with Crippen molar-refractivity contribution < 1.29 is 9.59 Å². The first-order chi connectivity index (χ1) is 11.4. The van der Waals surface area contributed by atoms with Gasteiger partial charge in [0.15, 0.2) is 0 Å². The first-order valence-electron chi connectivity index (χ1n) is 8.71. The lowest BCUT2D eigenvalue weighted by Gasteiger charge is -2.55. The summed E-state index contributed by atoms with van der Waals surface area (Å²) in [5.41, 5.74) is 1.02. The number of amides is 2. The molecule has 5 heteroatoms. The van der Waals surface area contributed by atoms with Gasteiger partial charge in [0, 0.05) is 51.2 Å². The van der Waals surface area contributed by atoms with Crippen molar-refractivity contribution in [2.45, 2.75) is 38.8 Å². The van der Waals surface area contributed by atoms with Gasteiger partial charge in [-0.3, -0.25) is 14.5 Å². The van der Waals surface area contributed by atoms with Gasteiger partial charge in [0.25, 0.3) is 0 Å². The summed E-state index contributed by atoms with van der Waals surface area (Å²) in [5.74, 6) is 0.300. The monoisotopic (exact) mass is 329 g/mol. The van der Waals surface area contributed by atoms with Crippen LogP contribution in [0.25, 0.3) is 0 Å². The molecule has 1 aromatic rings. The Bertz CT molecular complexity index is 614. The molecule has 0 bridgehead atoms. The lowest BCUT2D eigenvalue weighted by Crippen LogP contribution is -2.70. The highest BCUT2D eigenvalue weighted by Gasteiger charge is 2.43. The Morgan fingerprint density at radius 3 is 2.42 bits per heavy atom. The van der Waals surface area contributed by atoms with Crippen LogP contribution in [0.2, 0.25) is 0 Å². The molecule has 0 unspecified atom stereocenters. The van der Waals surface area contributed by atoms with E-state index in [-0.39, 0.29) is 23.4 Å². The van der Waals surface area contributed by atoms with Crippen LogP contribution in [0, 0.1) is 0 Å². The van der Waals surface area contributed by atoms with Gasteiger partial charge in [-0.25, -0.2) is 0 Å². The van der Waals surface area contributed by atoms with Gasteiger partial charge in [-0.15, -0.1) is 0 Å². The first kappa shape index (κ1) is 17.0. The van der Waals surface area contributed by atoms with Crippen molar-refractivity contribution in [3.8, 4) is 0 Å². The van der Waals surface area contributed by atoms with Crippen molar-refractivity contribution in [3.63, 3.8) is 0 Å². The van der Waals surface area contributed by atoms with E-state index in [4.69, 9.17) is 0 Å². The van der Waals surface area contributed by atoms with Crippen LogP contribution >= 0.6 is 0 Å². The summed E-state index contributed by atoms with van der Waals surface area (Å²) in [5, 5.41) is 0. The maximum absolute atomic E-state index is 12.6. The van der Waals surface area contributed by atoms with E-state index < -0.39 is 0 Å². The number of hydrogen-bond donors (Lipinski definition) is 0. The molecule has 5 nitrogen and oxygen atoms in total. The zero-order valence-electron chi connectivity index (χ0n) is 14.9. The SMILES string of the molecule is CC(=O)N1C[C@@H]2CN(C(=O)Cc3ccccc3)CCN2C(C)(C)C1. The predicted octanol–water partition coefficient (Wildman–Crippen LogP) is 1.38. The molecule has 24 heavy (non-hydrogen) atoms. The van der Waals surface area contributed by atoms with Crippen molar-refractivity contribution in [1.29, 1.82) is 0 Å². The number of carbonyl (C=O) groups excluding carboxylic acids is 2. The molecule has 1 aromatic carbocycles. The highest BCUT2D eigenvalue weighted by Crippen LogP contribution is 2.28. The Kier molecular flexibility index (Phi) is 4.63. The fraction of sp³-hybridized carbons (Fsp3) is 0.579. The molecule has 0 saturated carbocycles. The number of fused-ring (bicyclic) bond motifs is 1. The summed E-state index contributed by atoms with van der Waals surface area (Å²) < 4.78 is 0. The number of hydrogen-bond acceptors (Lipinski definition) is 3. The fourth-order valence-electron chi connectivity index (χ4n) is 4.03. The minimum Gasteiger partial charge on any atom is -0.339 e. The zero-order valence-corrected chi connectivity index (χ0v) is 14.9. The maximum atomic E-state index is 12.6. The van der Waals surface area contributed by atoms with Gasteiger partial charge >= 0.3 is 0 Å².